The van der Waals surface area contributed by atoms with E-state index >= 15 is 0 Å². The summed E-state index contributed by atoms with van der Waals surface area (Å²) in [4.78, 5) is 22.2. The smallest absolute Gasteiger partial charge is 0.222 e. The van der Waals surface area contributed by atoms with Crippen molar-refractivity contribution in [3.8, 4) is 0 Å². The van der Waals surface area contributed by atoms with Crippen LogP contribution in [0, 0.1) is 0 Å². The first kappa shape index (κ1) is 15.0. The van der Waals surface area contributed by atoms with Gasteiger partial charge in [0.05, 0.1) is 9.92 Å². The number of carbonyl (C=O) groups excluding carboxylic acids is 1. The third-order valence-electron chi connectivity index (χ3n) is 4.08. The second kappa shape index (κ2) is 6.44. The molecule has 0 saturated carbocycles. The van der Waals surface area contributed by atoms with Gasteiger partial charge in [0.1, 0.15) is 5.82 Å². The average Bonchev–Trinajstić information content (AvgIpc) is 2.65. The summed E-state index contributed by atoms with van der Waals surface area (Å²) < 4.78 is 0. The van der Waals surface area contributed by atoms with Crippen molar-refractivity contribution in [2.24, 2.45) is 0 Å². The van der Waals surface area contributed by atoms with Crippen molar-refractivity contribution in [1.82, 2.24) is 9.88 Å². The van der Waals surface area contributed by atoms with Crippen LogP contribution in [0.4, 0.5) is 5.82 Å². The number of carbonyl (C=O) groups is 1. The van der Waals surface area contributed by atoms with Crippen LogP contribution < -0.4 is 4.90 Å². The number of halogens is 1. The third-order valence-corrected chi connectivity index (χ3v) is 5.34. The number of thioether (sulfide) groups is 1. The van der Waals surface area contributed by atoms with Gasteiger partial charge in [-0.3, -0.25) is 4.79 Å². The Hall–Kier alpha value is -0.940. The molecule has 0 bridgehead atoms. The number of fused-ring (bicyclic) bond motifs is 3. The minimum absolute atomic E-state index is 0.290. The van der Waals surface area contributed by atoms with Crippen LogP contribution in [0.25, 0.3) is 0 Å². The van der Waals surface area contributed by atoms with Gasteiger partial charge in [-0.25, -0.2) is 4.98 Å². The predicted octanol–water partition coefficient (Wildman–Crippen LogP) is 3.05. The number of rotatable bonds is 2. The van der Waals surface area contributed by atoms with E-state index in [9.17, 15) is 4.79 Å². The lowest BCUT2D eigenvalue weighted by molar-refractivity contribution is -0.132. The zero-order chi connectivity index (χ0) is 14.8. The van der Waals surface area contributed by atoms with Crippen molar-refractivity contribution in [3.63, 3.8) is 0 Å². The standard InChI is InChI=1S/C15H20ClN3OS/c1-2-3-14(20)18-5-6-19-12(10-18)4-7-21-13-8-11(16)9-17-15(13)19/h8-9,12H,2-7,10H2,1H3/t12-/m0/s1. The first-order chi connectivity index (χ1) is 10.2. The number of hydrogen-bond acceptors (Lipinski definition) is 4. The minimum atomic E-state index is 0.290. The molecule has 2 aliphatic rings. The molecule has 4 nitrogen and oxygen atoms in total. The van der Waals surface area contributed by atoms with Crippen LogP contribution in [0.5, 0.6) is 0 Å². The fourth-order valence-electron chi connectivity index (χ4n) is 3.02. The Labute approximate surface area is 134 Å². The molecule has 3 rings (SSSR count). The molecule has 1 fully saturated rings. The fraction of sp³-hybridized carbons (Fsp3) is 0.600. The first-order valence-electron chi connectivity index (χ1n) is 7.51. The number of aromatic nitrogens is 1. The Balaban J connectivity index is 1.79. The third kappa shape index (κ3) is 3.14. The van der Waals surface area contributed by atoms with Crippen LogP contribution in [0.15, 0.2) is 17.2 Å². The highest BCUT2D eigenvalue weighted by atomic mass is 35.5. The van der Waals surface area contributed by atoms with E-state index in [0.29, 0.717) is 23.4 Å². The Morgan fingerprint density at radius 2 is 2.38 bits per heavy atom. The molecular formula is C15H20ClN3OS. The predicted molar refractivity (Wildman–Crippen MR) is 87.2 cm³/mol. The van der Waals surface area contributed by atoms with E-state index in [0.717, 1.165) is 44.0 Å². The first-order valence-corrected chi connectivity index (χ1v) is 8.88. The maximum absolute atomic E-state index is 12.1. The fourth-order valence-corrected chi connectivity index (χ4v) is 4.36. The van der Waals surface area contributed by atoms with Gasteiger partial charge in [-0.15, -0.1) is 11.8 Å². The molecule has 1 atom stereocenters. The van der Waals surface area contributed by atoms with Gasteiger partial charge in [-0.1, -0.05) is 18.5 Å². The minimum Gasteiger partial charge on any atom is -0.349 e. The summed E-state index contributed by atoms with van der Waals surface area (Å²) in [5, 5.41) is 0.691. The maximum atomic E-state index is 12.1. The van der Waals surface area contributed by atoms with Gasteiger partial charge in [-0.2, -0.15) is 0 Å². The molecule has 0 spiro atoms. The van der Waals surface area contributed by atoms with Crippen molar-refractivity contribution in [2.45, 2.75) is 37.1 Å². The summed E-state index contributed by atoms with van der Waals surface area (Å²) in [6, 6.07) is 2.38. The number of pyridine rings is 1. The molecule has 6 heteroatoms. The Morgan fingerprint density at radius 1 is 1.52 bits per heavy atom. The summed E-state index contributed by atoms with van der Waals surface area (Å²) >= 11 is 7.87. The van der Waals surface area contributed by atoms with Crippen molar-refractivity contribution in [3.05, 3.63) is 17.3 Å². The zero-order valence-electron chi connectivity index (χ0n) is 12.2. The Bertz CT molecular complexity index is 540. The van der Waals surface area contributed by atoms with Crippen LogP contribution in [-0.4, -0.2) is 47.2 Å². The molecule has 0 aromatic carbocycles. The molecule has 0 aliphatic carbocycles. The van der Waals surface area contributed by atoms with E-state index in [-0.39, 0.29) is 0 Å². The summed E-state index contributed by atoms with van der Waals surface area (Å²) in [6.07, 6.45) is 4.38. The number of nitrogens with zero attached hydrogens (tertiary/aromatic N) is 3. The Morgan fingerprint density at radius 3 is 3.19 bits per heavy atom. The van der Waals surface area contributed by atoms with Gasteiger partial charge in [0.25, 0.3) is 0 Å². The van der Waals surface area contributed by atoms with E-state index in [2.05, 4.69) is 16.8 Å². The average molecular weight is 326 g/mol. The lowest BCUT2D eigenvalue weighted by Crippen LogP contribution is -2.55. The quantitative estimate of drug-likeness (QED) is 0.837. The van der Waals surface area contributed by atoms with Crippen LogP contribution in [0.2, 0.25) is 5.02 Å². The van der Waals surface area contributed by atoms with Gasteiger partial charge in [-0.05, 0) is 18.9 Å². The molecule has 3 heterocycles. The summed E-state index contributed by atoms with van der Waals surface area (Å²) in [5.41, 5.74) is 0. The monoisotopic (exact) mass is 325 g/mol. The largest absolute Gasteiger partial charge is 0.349 e. The zero-order valence-corrected chi connectivity index (χ0v) is 13.8. The van der Waals surface area contributed by atoms with E-state index in [4.69, 9.17) is 11.6 Å². The van der Waals surface area contributed by atoms with Gasteiger partial charge < -0.3 is 9.80 Å². The second-order valence-electron chi connectivity index (χ2n) is 5.55. The molecule has 21 heavy (non-hydrogen) atoms. The number of piperazine rings is 1. The van der Waals surface area contributed by atoms with Crippen LogP contribution in [0.1, 0.15) is 26.2 Å². The van der Waals surface area contributed by atoms with Gasteiger partial charge in [0.15, 0.2) is 0 Å². The lowest BCUT2D eigenvalue weighted by Gasteiger charge is -2.41. The van der Waals surface area contributed by atoms with Crippen molar-refractivity contribution in [1.29, 1.82) is 0 Å². The van der Waals surface area contributed by atoms with Crippen LogP contribution in [0.3, 0.4) is 0 Å². The van der Waals surface area contributed by atoms with Crippen molar-refractivity contribution < 1.29 is 4.79 Å². The molecule has 2 aliphatic heterocycles. The van der Waals surface area contributed by atoms with E-state index in [1.165, 1.54) is 4.90 Å². The summed E-state index contributed by atoms with van der Waals surface area (Å²) in [6.45, 7) is 4.54. The molecule has 1 amide bonds. The molecule has 1 aromatic heterocycles. The van der Waals surface area contributed by atoms with E-state index < -0.39 is 0 Å². The highest BCUT2D eigenvalue weighted by molar-refractivity contribution is 7.99. The molecule has 0 N–H and O–H groups in total. The Kier molecular flexibility index (Phi) is 4.60. The van der Waals surface area contributed by atoms with Crippen molar-refractivity contribution in [2.75, 3.05) is 30.3 Å². The maximum Gasteiger partial charge on any atom is 0.222 e. The topological polar surface area (TPSA) is 36.4 Å². The molecule has 1 aromatic rings. The van der Waals surface area contributed by atoms with Gasteiger partial charge in [0, 0.05) is 44.0 Å². The molecule has 1 saturated heterocycles. The molecular weight excluding hydrogens is 306 g/mol. The molecule has 114 valence electrons. The van der Waals surface area contributed by atoms with Gasteiger partial charge >= 0.3 is 0 Å². The second-order valence-corrected chi connectivity index (χ2v) is 7.12. The molecule has 0 radical (unpaired) electrons. The van der Waals surface area contributed by atoms with E-state index in [1.54, 1.807) is 6.20 Å². The van der Waals surface area contributed by atoms with Gasteiger partial charge in [0.2, 0.25) is 5.91 Å². The number of hydrogen-bond donors (Lipinski definition) is 0. The van der Waals surface area contributed by atoms with Crippen molar-refractivity contribution >= 4 is 35.1 Å². The van der Waals surface area contributed by atoms with Crippen LogP contribution in [-0.2, 0) is 4.79 Å². The SMILES string of the molecule is CCCC(=O)N1CCN2c3ncc(Cl)cc3SCC[C@H]2C1. The summed E-state index contributed by atoms with van der Waals surface area (Å²) in [5.74, 6) is 2.37. The molecule has 0 unspecified atom stereocenters. The normalized spacial score (nSPS) is 21.5. The summed E-state index contributed by atoms with van der Waals surface area (Å²) in [7, 11) is 0. The number of anilines is 1. The lowest BCUT2D eigenvalue weighted by atomic mass is 10.1. The highest BCUT2D eigenvalue weighted by Gasteiger charge is 2.32. The van der Waals surface area contributed by atoms with Crippen LogP contribution >= 0.6 is 23.4 Å². The highest BCUT2D eigenvalue weighted by Crippen LogP contribution is 2.37. The number of amides is 1. The van der Waals surface area contributed by atoms with E-state index in [1.807, 2.05) is 22.7 Å².